The maximum Gasteiger partial charge on any atom is 0.0629 e. The zero-order valence-corrected chi connectivity index (χ0v) is 43.1. The number of para-hydroxylation sites is 2. The van der Waals surface area contributed by atoms with Crippen LogP contribution in [0.3, 0.4) is 0 Å². The number of anilines is 8. The fourth-order valence-electron chi connectivity index (χ4n) is 12.5. The molecule has 4 aliphatic rings. The van der Waals surface area contributed by atoms with Crippen LogP contribution in [0.1, 0.15) is 42.7 Å². The summed E-state index contributed by atoms with van der Waals surface area (Å²) in [5.41, 5.74) is 20.4. The molecular formula is C73H58N4. The van der Waals surface area contributed by atoms with Gasteiger partial charge >= 0.3 is 0 Å². The topological polar surface area (TPSA) is 14.7 Å². The molecule has 0 N–H and O–H groups in total. The van der Waals surface area contributed by atoms with Gasteiger partial charge in [-0.25, -0.2) is 0 Å². The fraction of sp³-hybridized carbons (Fsp3) is 0.0959. The van der Waals surface area contributed by atoms with Gasteiger partial charge in [-0.1, -0.05) is 183 Å². The molecule has 0 spiro atoms. The Bertz CT molecular complexity index is 3990. The van der Waals surface area contributed by atoms with E-state index in [9.17, 15) is 0 Å². The van der Waals surface area contributed by atoms with Crippen LogP contribution < -0.4 is 14.7 Å². The molecule has 14 rings (SSSR count). The van der Waals surface area contributed by atoms with E-state index in [-0.39, 0.29) is 12.0 Å². The number of hydrogen-bond donors (Lipinski definition) is 0. The van der Waals surface area contributed by atoms with Crippen LogP contribution in [0.15, 0.2) is 285 Å². The number of benzene rings is 9. The zero-order chi connectivity index (χ0) is 51.2. The van der Waals surface area contributed by atoms with E-state index in [1.165, 1.54) is 61.1 Å². The summed E-state index contributed by atoms with van der Waals surface area (Å²) in [5.74, 6) is 1.04. The van der Waals surface area contributed by atoms with Crippen molar-refractivity contribution in [2.24, 2.45) is 5.92 Å². The van der Waals surface area contributed by atoms with Crippen LogP contribution in [-0.2, 0) is 0 Å². The fourth-order valence-corrected chi connectivity index (χ4v) is 12.5. The van der Waals surface area contributed by atoms with E-state index in [0.717, 1.165) is 58.1 Å². The summed E-state index contributed by atoms with van der Waals surface area (Å²) < 4.78 is 2.46. The standard InChI is InChI=1S/C73H58N4/c1-51-17-11-12-24-65(51)56-35-43-62(44-36-56)75(64-46-48-73-69(50-64)67-26-14-16-28-71(67)77(73)58-22-9-4-10-23-58)61-41-33-55(34-42-61)54-31-39-60(40-32-54)74(59-37-29-53(30-38-59)52-18-5-2-6-19-52)63-45-47-72-68(49-63)66-25-13-15-27-70(66)76(72)57-20-7-3-8-21-57/h2-7,9-20,22-51,65,67,71H,8,21H2,1H3. The van der Waals surface area contributed by atoms with E-state index >= 15 is 0 Å². The molecule has 0 amide bonds. The lowest BCUT2D eigenvalue weighted by Crippen LogP contribution is -2.28. The molecule has 370 valence electrons. The third-order valence-electron chi connectivity index (χ3n) is 16.3. The van der Waals surface area contributed by atoms with Gasteiger partial charge in [0.15, 0.2) is 0 Å². The van der Waals surface area contributed by atoms with Crippen LogP contribution in [0, 0.1) is 5.92 Å². The molecule has 0 bridgehead atoms. The number of allylic oxidation sites excluding steroid dienone is 10. The van der Waals surface area contributed by atoms with Crippen LogP contribution in [0.25, 0.3) is 49.8 Å². The van der Waals surface area contributed by atoms with Gasteiger partial charge in [0.05, 0.1) is 17.1 Å². The maximum absolute atomic E-state index is 2.50. The van der Waals surface area contributed by atoms with Gasteiger partial charge in [0.1, 0.15) is 0 Å². The van der Waals surface area contributed by atoms with Crippen molar-refractivity contribution in [1.29, 1.82) is 0 Å². The van der Waals surface area contributed by atoms with Gasteiger partial charge in [0, 0.05) is 73.8 Å². The summed E-state index contributed by atoms with van der Waals surface area (Å²) in [6.07, 6.45) is 26.9. The molecule has 0 saturated carbocycles. The first-order chi connectivity index (χ1) is 38.1. The lowest BCUT2D eigenvalue weighted by molar-refractivity contribution is 0.635. The molecule has 9 aromatic carbocycles. The molecule has 1 aliphatic heterocycles. The average Bonchev–Trinajstić information content (AvgIpc) is 4.14. The van der Waals surface area contributed by atoms with Crippen molar-refractivity contribution in [2.45, 2.75) is 37.6 Å². The van der Waals surface area contributed by atoms with E-state index in [4.69, 9.17) is 0 Å². The smallest absolute Gasteiger partial charge is 0.0629 e. The molecule has 77 heavy (non-hydrogen) atoms. The molecule has 3 aliphatic carbocycles. The Morgan fingerprint density at radius 1 is 0.416 bits per heavy atom. The number of aromatic nitrogens is 1. The van der Waals surface area contributed by atoms with Crippen molar-refractivity contribution in [1.82, 2.24) is 4.57 Å². The Morgan fingerprint density at radius 3 is 1.57 bits per heavy atom. The zero-order valence-electron chi connectivity index (χ0n) is 43.1. The van der Waals surface area contributed by atoms with E-state index in [0.29, 0.717) is 11.8 Å². The van der Waals surface area contributed by atoms with Crippen LogP contribution in [0.4, 0.5) is 45.5 Å². The van der Waals surface area contributed by atoms with Gasteiger partial charge in [-0.2, -0.15) is 0 Å². The summed E-state index contributed by atoms with van der Waals surface area (Å²) in [4.78, 5) is 7.33. The third-order valence-corrected chi connectivity index (χ3v) is 16.3. The molecule has 4 atom stereocenters. The summed E-state index contributed by atoms with van der Waals surface area (Å²) in [7, 11) is 0. The van der Waals surface area contributed by atoms with E-state index in [1.807, 2.05) is 0 Å². The van der Waals surface area contributed by atoms with Crippen molar-refractivity contribution in [3.05, 3.63) is 296 Å². The summed E-state index contributed by atoms with van der Waals surface area (Å²) in [5, 5.41) is 2.51. The average molecular weight is 991 g/mol. The lowest BCUT2D eigenvalue weighted by Gasteiger charge is -2.29. The Balaban J connectivity index is 0.825. The van der Waals surface area contributed by atoms with Gasteiger partial charge in [-0.15, -0.1) is 0 Å². The number of rotatable bonds is 11. The summed E-state index contributed by atoms with van der Waals surface area (Å²) >= 11 is 0. The predicted molar refractivity (Wildman–Crippen MR) is 326 cm³/mol. The molecule has 4 unspecified atom stereocenters. The van der Waals surface area contributed by atoms with Crippen molar-refractivity contribution >= 4 is 73.0 Å². The first-order valence-corrected chi connectivity index (χ1v) is 27.2. The first kappa shape index (κ1) is 46.2. The Hall–Kier alpha value is -9.38. The van der Waals surface area contributed by atoms with Crippen molar-refractivity contribution < 1.29 is 0 Å². The van der Waals surface area contributed by atoms with E-state index < -0.39 is 0 Å². The predicted octanol–water partition coefficient (Wildman–Crippen LogP) is 19.8. The maximum atomic E-state index is 2.50. The van der Waals surface area contributed by atoms with Crippen molar-refractivity contribution in [3.63, 3.8) is 0 Å². The quantitative estimate of drug-likeness (QED) is 0.128. The highest BCUT2D eigenvalue weighted by Crippen LogP contribution is 2.50. The van der Waals surface area contributed by atoms with E-state index in [1.54, 1.807) is 0 Å². The largest absolute Gasteiger partial charge is 0.333 e. The Kier molecular flexibility index (Phi) is 11.8. The molecule has 2 heterocycles. The highest BCUT2D eigenvalue weighted by atomic mass is 15.2. The van der Waals surface area contributed by atoms with Crippen LogP contribution in [0.5, 0.6) is 0 Å². The minimum Gasteiger partial charge on any atom is -0.333 e. The highest BCUT2D eigenvalue weighted by molar-refractivity contribution is 6.11. The molecule has 10 aromatic rings. The normalized spacial score (nSPS) is 18.1. The molecule has 0 saturated heterocycles. The second-order valence-electron chi connectivity index (χ2n) is 20.8. The van der Waals surface area contributed by atoms with Crippen LogP contribution >= 0.6 is 0 Å². The minimum absolute atomic E-state index is 0.219. The first-order valence-electron chi connectivity index (χ1n) is 27.2. The van der Waals surface area contributed by atoms with Gasteiger partial charge < -0.3 is 19.3 Å². The van der Waals surface area contributed by atoms with Gasteiger partial charge in [-0.3, -0.25) is 0 Å². The van der Waals surface area contributed by atoms with Gasteiger partial charge in [0.2, 0.25) is 0 Å². The molecule has 4 heteroatoms. The molecule has 0 fully saturated rings. The monoisotopic (exact) mass is 990 g/mol. The molecule has 4 nitrogen and oxygen atoms in total. The van der Waals surface area contributed by atoms with Gasteiger partial charge in [0.25, 0.3) is 0 Å². The Morgan fingerprint density at radius 2 is 0.935 bits per heavy atom. The summed E-state index contributed by atoms with van der Waals surface area (Å²) in [6, 6.07) is 81.1. The number of fused-ring (bicyclic) bond motifs is 6. The van der Waals surface area contributed by atoms with Crippen LogP contribution in [-0.4, -0.2) is 10.6 Å². The number of nitrogens with zero attached hydrogens (tertiary/aromatic N) is 4. The second-order valence-corrected chi connectivity index (χ2v) is 20.8. The molecule has 0 radical (unpaired) electrons. The lowest BCUT2D eigenvalue weighted by atomic mass is 9.84. The third kappa shape index (κ3) is 8.43. The number of hydrogen-bond acceptors (Lipinski definition) is 3. The van der Waals surface area contributed by atoms with E-state index in [2.05, 4.69) is 311 Å². The minimum atomic E-state index is 0.219. The van der Waals surface area contributed by atoms with Crippen molar-refractivity contribution in [3.8, 4) is 22.3 Å². The molecular weight excluding hydrogens is 933 g/mol. The highest BCUT2D eigenvalue weighted by Gasteiger charge is 2.38. The summed E-state index contributed by atoms with van der Waals surface area (Å²) in [6.45, 7) is 2.31. The SMILES string of the molecule is CC1C=CC=CC1c1ccc(N(c2ccc(-c3ccc(N(c4ccc(-c5ccccc5)cc4)c4ccc5c(c4)c4ccccc4n5C4=CC=CCC4)cc3)cc2)c2ccc3c(c2)C2C=CC=CC2N3c2ccccc2)cc1. The molecule has 1 aromatic heterocycles. The Labute approximate surface area is 452 Å². The van der Waals surface area contributed by atoms with Gasteiger partial charge in [-0.05, 0) is 161 Å². The van der Waals surface area contributed by atoms with Crippen molar-refractivity contribution in [2.75, 3.05) is 14.7 Å². The van der Waals surface area contributed by atoms with Crippen LogP contribution in [0.2, 0.25) is 0 Å². The second kappa shape index (κ2) is 19.7.